The first-order valence-corrected chi connectivity index (χ1v) is 10.3. The molecule has 1 unspecified atom stereocenters. The van der Waals surface area contributed by atoms with Gasteiger partial charge in [-0.25, -0.2) is 0 Å². The van der Waals surface area contributed by atoms with Crippen molar-refractivity contribution in [2.24, 2.45) is 0 Å². The number of furan rings is 1. The van der Waals surface area contributed by atoms with Gasteiger partial charge in [-0.1, -0.05) is 30.3 Å². The number of ether oxygens (including phenoxy) is 2. The standard InChI is InChI=1S/C24H22N2O5/c27-23(25-14-16-7-8-20-22(12-16)31-11-10-30-20)19-13-17-4-1-2-5-18(17)15-26(19)24(28)21-6-3-9-29-21/h1-9,12,19H,10-11,13-15H2,(H,25,27). The molecule has 2 aromatic carbocycles. The van der Waals surface area contributed by atoms with Crippen LogP contribution in [0.4, 0.5) is 0 Å². The summed E-state index contributed by atoms with van der Waals surface area (Å²) in [5.41, 5.74) is 3.02. The Morgan fingerprint density at radius 1 is 0.968 bits per heavy atom. The van der Waals surface area contributed by atoms with Gasteiger partial charge in [0, 0.05) is 19.5 Å². The Hall–Kier alpha value is -3.74. The second kappa shape index (κ2) is 8.18. The number of nitrogens with one attached hydrogen (secondary N) is 1. The number of hydrogen-bond donors (Lipinski definition) is 1. The molecule has 7 heteroatoms. The molecule has 31 heavy (non-hydrogen) atoms. The van der Waals surface area contributed by atoms with E-state index in [1.807, 2.05) is 42.5 Å². The third-order valence-corrected chi connectivity index (χ3v) is 5.62. The molecule has 3 heterocycles. The molecular weight excluding hydrogens is 396 g/mol. The van der Waals surface area contributed by atoms with Gasteiger partial charge in [0.05, 0.1) is 6.26 Å². The Morgan fingerprint density at radius 2 is 1.77 bits per heavy atom. The number of benzene rings is 2. The number of rotatable bonds is 4. The number of hydrogen-bond acceptors (Lipinski definition) is 5. The van der Waals surface area contributed by atoms with Crippen molar-refractivity contribution in [2.75, 3.05) is 13.2 Å². The van der Waals surface area contributed by atoms with Gasteiger partial charge < -0.3 is 24.1 Å². The minimum absolute atomic E-state index is 0.204. The fraction of sp³-hybridized carbons (Fsp3) is 0.250. The Kier molecular flexibility index (Phi) is 5.08. The molecule has 0 fully saturated rings. The minimum atomic E-state index is -0.621. The summed E-state index contributed by atoms with van der Waals surface area (Å²) >= 11 is 0. The Balaban J connectivity index is 1.34. The molecule has 0 aliphatic carbocycles. The van der Waals surface area contributed by atoms with Crippen LogP contribution in [0.15, 0.2) is 65.3 Å². The fourth-order valence-corrected chi connectivity index (χ4v) is 4.02. The van der Waals surface area contributed by atoms with Crippen molar-refractivity contribution in [1.82, 2.24) is 10.2 Å². The lowest BCUT2D eigenvalue weighted by Gasteiger charge is -2.35. The maximum atomic E-state index is 13.2. The largest absolute Gasteiger partial charge is 0.486 e. The van der Waals surface area contributed by atoms with E-state index < -0.39 is 6.04 Å². The van der Waals surface area contributed by atoms with Crippen LogP contribution in [0.5, 0.6) is 11.5 Å². The highest BCUT2D eigenvalue weighted by Crippen LogP contribution is 2.31. The molecule has 0 radical (unpaired) electrons. The van der Waals surface area contributed by atoms with Crippen molar-refractivity contribution in [3.05, 3.63) is 83.3 Å². The van der Waals surface area contributed by atoms with Crippen molar-refractivity contribution in [1.29, 1.82) is 0 Å². The zero-order valence-electron chi connectivity index (χ0n) is 16.9. The van der Waals surface area contributed by atoms with Crippen LogP contribution in [0.2, 0.25) is 0 Å². The molecular formula is C24H22N2O5. The van der Waals surface area contributed by atoms with Gasteiger partial charge in [0.1, 0.15) is 19.3 Å². The molecule has 1 N–H and O–H groups in total. The van der Waals surface area contributed by atoms with Crippen molar-refractivity contribution in [3.63, 3.8) is 0 Å². The number of amides is 2. The molecule has 0 saturated carbocycles. The zero-order valence-corrected chi connectivity index (χ0v) is 16.9. The molecule has 0 spiro atoms. The molecule has 5 rings (SSSR count). The maximum Gasteiger partial charge on any atom is 0.290 e. The third-order valence-electron chi connectivity index (χ3n) is 5.62. The van der Waals surface area contributed by atoms with Gasteiger partial charge in [0.15, 0.2) is 17.3 Å². The van der Waals surface area contributed by atoms with E-state index in [-0.39, 0.29) is 17.6 Å². The summed E-state index contributed by atoms with van der Waals surface area (Å²) in [6.07, 6.45) is 1.91. The van der Waals surface area contributed by atoms with Crippen LogP contribution in [0.3, 0.4) is 0 Å². The van der Waals surface area contributed by atoms with Gasteiger partial charge >= 0.3 is 0 Å². The van der Waals surface area contributed by atoms with Crippen LogP contribution in [0.25, 0.3) is 0 Å². The lowest BCUT2D eigenvalue weighted by Crippen LogP contribution is -2.52. The topological polar surface area (TPSA) is 81.0 Å². The number of carbonyl (C=O) groups excluding carboxylic acids is 2. The van der Waals surface area contributed by atoms with Crippen molar-refractivity contribution < 1.29 is 23.5 Å². The van der Waals surface area contributed by atoms with Gasteiger partial charge in [0.25, 0.3) is 5.91 Å². The SMILES string of the molecule is O=C(NCc1ccc2c(c1)OCCO2)C1Cc2ccccc2CN1C(=O)c1ccco1. The molecule has 0 bridgehead atoms. The predicted octanol–water partition coefficient (Wildman–Crippen LogP) is 2.93. The lowest BCUT2D eigenvalue weighted by molar-refractivity contribution is -0.126. The monoisotopic (exact) mass is 418 g/mol. The number of carbonyl (C=O) groups is 2. The fourth-order valence-electron chi connectivity index (χ4n) is 4.02. The van der Waals surface area contributed by atoms with E-state index >= 15 is 0 Å². The third kappa shape index (κ3) is 3.86. The van der Waals surface area contributed by atoms with Crippen LogP contribution >= 0.6 is 0 Å². The molecule has 1 aromatic heterocycles. The molecule has 158 valence electrons. The van der Waals surface area contributed by atoms with E-state index in [1.165, 1.54) is 6.26 Å². The smallest absolute Gasteiger partial charge is 0.290 e. The molecule has 2 aliphatic heterocycles. The second-order valence-corrected chi connectivity index (χ2v) is 7.59. The zero-order chi connectivity index (χ0) is 21.2. The Labute approximate surface area is 179 Å². The molecule has 0 saturated heterocycles. The minimum Gasteiger partial charge on any atom is -0.486 e. The summed E-state index contributed by atoms with van der Waals surface area (Å²) < 4.78 is 16.5. The first-order valence-electron chi connectivity index (χ1n) is 10.3. The van der Waals surface area contributed by atoms with Gasteiger partial charge in [-0.05, 0) is 41.0 Å². The Morgan fingerprint density at radius 3 is 2.58 bits per heavy atom. The Bertz CT molecular complexity index is 1110. The van der Waals surface area contributed by atoms with E-state index in [9.17, 15) is 9.59 Å². The maximum absolute atomic E-state index is 13.2. The summed E-state index contributed by atoms with van der Waals surface area (Å²) in [4.78, 5) is 27.8. The van der Waals surface area contributed by atoms with Crippen LogP contribution in [0.1, 0.15) is 27.2 Å². The molecule has 7 nitrogen and oxygen atoms in total. The molecule has 1 atom stereocenters. The molecule has 3 aromatic rings. The highest BCUT2D eigenvalue weighted by atomic mass is 16.6. The average Bonchev–Trinajstić information content (AvgIpc) is 3.36. The normalized spacial score (nSPS) is 17.0. The van der Waals surface area contributed by atoms with E-state index in [2.05, 4.69) is 5.32 Å². The predicted molar refractivity (Wildman–Crippen MR) is 112 cm³/mol. The molecule has 2 aliphatic rings. The van der Waals surface area contributed by atoms with Gasteiger partial charge in [0.2, 0.25) is 5.91 Å². The lowest BCUT2D eigenvalue weighted by atomic mass is 9.93. The highest BCUT2D eigenvalue weighted by Gasteiger charge is 2.35. The first-order chi connectivity index (χ1) is 15.2. The van der Waals surface area contributed by atoms with Gasteiger partial charge in [-0.15, -0.1) is 0 Å². The van der Waals surface area contributed by atoms with Crippen molar-refractivity contribution in [3.8, 4) is 11.5 Å². The summed E-state index contributed by atoms with van der Waals surface area (Å²) in [5, 5.41) is 2.98. The summed E-state index contributed by atoms with van der Waals surface area (Å²) in [6, 6.07) is 16.2. The van der Waals surface area contributed by atoms with Crippen LogP contribution < -0.4 is 14.8 Å². The highest BCUT2D eigenvalue weighted by molar-refractivity contribution is 5.96. The van der Waals surface area contributed by atoms with Crippen LogP contribution in [0, 0.1) is 0 Å². The molecule has 2 amide bonds. The number of fused-ring (bicyclic) bond motifs is 2. The van der Waals surface area contributed by atoms with Crippen molar-refractivity contribution >= 4 is 11.8 Å². The van der Waals surface area contributed by atoms with Crippen LogP contribution in [-0.2, 0) is 24.3 Å². The van der Waals surface area contributed by atoms with Gasteiger partial charge in [-0.2, -0.15) is 0 Å². The van der Waals surface area contributed by atoms with E-state index in [0.29, 0.717) is 44.2 Å². The van der Waals surface area contributed by atoms with E-state index in [0.717, 1.165) is 16.7 Å². The van der Waals surface area contributed by atoms with Gasteiger partial charge in [-0.3, -0.25) is 9.59 Å². The summed E-state index contributed by atoms with van der Waals surface area (Å²) in [5.74, 6) is 1.12. The average molecular weight is 418 g/mol. The van der Waals surface area contributed by atoms with E-state index in [4.69, 9.17) is 13.9 Å². The quantitative estimate of drug-likeness (QED) is 0.705. The number of nitrogens with zero attached hydrogens (tertiary/aromatic N) is 1. The summed E-state index contributed by atoms with van der Waals surface area (Å²) in [7, 11) is 0. The second-order valence-electron chi connectivity index (χ2n) is 7.59. The first kappa shape index (κ1) is 19.2. The van der Waals surface area contributed by atoms with E-state index in [1.54, 1.807) is 17.0 Å². The van der Waals surface area contributed by atoms with Crippen LogP contribution in [-0.4, -0.2) is 36.0 Å². The van der Waals surface area contributed by atoms with Crippen molar-refractivity contribution in [2.45, 2.75) is 25.6 Å². The summed E-state index contributed by atoms with van der Waals surface area (Å²) in [6.45, 7) is 1.73.